The molecule has 2 N–H and O–H groups in total. The Bertz CT molecular complexity index is 1120. The number of hydrogen-bond donors (Lipinski definition) is 2. The van der Waals surface area contributed by atoms with E-state index >= 15 is 0 Å². The van der Waals surface area contributed by atoms with Crippen LogP contribution in [-0.4, -0.2) is 14.3 Å². The summed E-state index contributed by atoms with van der Waals surface area (Å²) in [4.78, 5) is 12.8. The molecule has 0 aliphatic carbocycles. The summed E-state index contributed by atoms with van der Waals surface area (Å²) in [7, 11) is -3.75. The van der Waals surface area contributed by atoms with Crippen molar-refractivity contribution in [1.29, 1.82) is 0 Å². The normalized spacial score (nSPS) is 11.3. The molecule has 0 unspecified atom stereocenters. The zero-order valence-corrected chi connectivity index (χ0v) is 17.5. The van der Waals surface area contributed by atoms with Crippen LogP contribution in [0.1, 0.15) is 32.6 Å². The van der Waals surface area contributed by atoms with Gasteiger partial charge in [0.25, 0.3) is 5.91 Å². The van der Waals surface area contributed by atoms with Gasteiger partial charge in [-0.1, -0.05) is 42.5 Å². The summed E-state index contributed by atoms with van der Waals surface area (Å²) in [5.41, 5.74) is 4.65. The van der Waals surface area contributed by atoms with Crippen molar-refractivity contribution in [3.8, 4) is 0 Å². The lowest BCUT2D eigenvalue weighted by atomic mass is 10.1. The van der Waals surface area contributed by atoms with Crippen LogP contribution < -0.4 is 10.0 Å². The predicted molar refractivity (Wildman–Crippen MR) is 116 cm³/mol. The third-order valence-corrected chi connectivity index (χ3v) is 5.95. The van der Waals surface area contributed by atoms with Gasteiger partial charge in [-0.2, -0.15) is 0 Å². The van der Waals surface area contributed by atoms with Gasteiger partial charge in [0.15, 0.2) is 0 Å². The van der Waals surface area contributed by atoms with Crippen LogP contribution in [0.2, 0.25) is 0 Å². The zero-order valence-electron chi connectivity index (χ0n) is 16.7. The molecule has 150 valence electrons. The van der Waals surface area contributed by atoms with Gasteiger partial charge in [0.2, 0.25) is 10.0 Å². The molecule has 0 saturated carbocycles. The van der Waals surface area contributed by atoms with Crippen molar-refractivity contribution in [2.24, 2.45) is 0 Å². The van der Waals surface area contributed by atoms with Crippen molar-refractivity contribution in [3.05, 3.63) is 94.5 Å². The van der Waals surface area contributed by atoms with Crippen molar-refractivity contribution in [2.75, 3.05) is 5.32 Å². The fraction of sp³-hybridized carbons (Fsp3) is 0.174. The van der Waals surface area contributed by atoms with Gasteiger partial charge in [0, 0.05) is 17.8 Å². The Kier molecular flexibility index (Phi) is 6.15. The second-order valence-electron chi connectivity index (χ2n) is 7.12. The summed E-state index contributed by atoms with van der Waals surface area (Å²) in [5.74, 6) is -0.340. The molecule has 0 spiro atoms. The molecule has 5 nitrogen and oxygen atoms in total. The summed E-state index contributed by atoms with van der Waals surface area (Å²) in [5, 5.41) is 2.86. The van der Waals surface area contributed by atoms with E-state index in [-0.39, 0.29) is 17.3 Å². The molecule has 0 radical (unpaired) electrons. The van der Waals surface area contributed by atoms with Crippen LogP contribution in [-0.2, 0) is 16.6 Å². The van der Waals surface area contributed by atoms with Gasteiger partial charge in [-0.05, 0) is 67.3 Å². The van der Waals surface area contributed by atoms with E-state index in [4.69, 9.17) is 0 Å². The Morgan fingerprint density at radius 3 is 2.17 bits per heavy atom. The number of aryl methyl sites for hydroxylation is 3. The second-order valence-corrected chi connectivity index (χ2v) is 8.88. The average Bonchev–Trinajstić information content (AvgIpc) is 2.66. The Morgan fingerprint density at radius 2 is 1.52 bits per heavy atom. The lowest BCUT2D eigenvalue weighted by Crippen LogP contribution is -2.24. The standard InChI is InChI=1S/C23H24N2O3S/c1-16-11-17(2)13-20(12-16)25-23(26)22-14-21(10-9-18(22)3)29(27,28)24-15-19-7-5-4-6-8-19/h4-14,24H,15H2,1-3H3,(H,25,26). The number of amides is 1. The van der Waals surface area contributed by atoms with E-state index in [0.29, 0.717) is 16.8 Å². The third kappa shape index (κ3) is 5.31. The van der Waals surface area contributed by atoms with E-state index in [1.165, 1.54) is 12.1 Å². The molecule has 0 heterocycles. The van der Waals surface area contributed by atoms with Crippen molar-refractivity contribution in [1.82, 2.24) is 4.72 Å². The lowest BCUT2D eigenvalue weighted by molar-refractivity contribution is 0.102. The highest BCUT2D eigenvalue weighted by molar-refractivity contribution is 7.89. The molecule has 0 aliphatic heterocycles. The number of carbonyl (C=O) groups is 1. The van der Waals surface area contributed by atoms with E-state index in [1.807, 2.05) is 62.4 Å². The van der Waals surface area contributed by atoms with Gasteiger partial charge in [0.1, 0.15) is 0 Å². The van der Waals surface area contributed by atoms with Crippen LogP contribution in [0.4, 0.5) is 5.69 Å². The van der Waals surface area contributed by atoms with Gasteiger partial charge in [-0.25, -0.2) is 13.1 Å². The molecule has 3 rings (SSSR count). The minimum Gasteiger partial charge on any atom is -0.322 e. The molecule has 0 aliphatic rings. The highest BCUT2D eigenvalue weighted by Crippen LogP contribution is 2.19. The van der Waals surface area contributed by atoms with E-state index < -0.39 is 10.0 Å². The van der Waals surface area contributed by atoms with Crippen LogP contribution in [0.25, 0.3) is 0 Å². The molecule has 1 amide bonds. The van der Waals surface area contributed by atoms with Gasteiger partial charge in [-0.15, -0.1) is 0 Å². The predicted octanol–water partition coefficient (Wildman–Crippen LogP) is 4.34. The number of rotatable bonds is 6. The van der Waals surface area contributed by atoms with Crippen molar-refractivity contribution in [3.63, 3.8) is 0 Å². The quantitative estimate of drug-likeness (QED) is 0.637. The van der Waals surface area contributed by atoms with Gasteiger partial charge < -0.3 is 5.32 Å². The molecule has 0 bridgehead atoms. The van der Waals surface area contributed by atoms with Gasteiger partial charge in [0.05, 0.1) is 4.90 Å². The van der Waals surface area contributed by atoms with E-state index in [1.54, 1.807) is 13.0 Å². The Balaban J connectivity index is 1.82. The maximum Gasteiger partial charge on any atom is 0.255 e. The minimum absolute atomic E-state index is 0.0598. The van der Waals surface area contributed by atoms with Gasteiger partial charge >= 0.3 is 0 Å². The topological polar surface area (TPSA) is 75.3 Å². The van der Waals surface area contributed by atoms with E-state index in [9.17, 15) is 13.2 Å². The first kappa shape index (κ1) is 20.8. The Hall–Kier alpha value is -2.96. The third-order valence-electron chi connectivity index (χ3n) is 4.55. The molecule has 29 heavy (non-hydrogen) atoms. The number of nitrogens with one attached hydrogen (secondary N) is 2. The molecule has 3 aromatic rings. The zero-order chi connectivity index (χ0) is 21.0. The molecule has 0 saturated heterocycles. The minimum atomic E-state index is -3.75. The molecule has 6 heteroatoms. The second kappa shape index (κ2) is 8.59. The van der Waals surface area contributed by atoms with Crippen LogP contribution in [0.5, 0.6) is 0 Å². The molecule has 0 aromatic heterocycles. The van der Waals surface area contributed by atoms with Crippen LogP contribution in [0, 0.1) is 20.8 Å². The lowest BCUT2D eigenvalue weighted by Gasteiger charge is -2.12. The van der Waals surface area contributed by atoms with E-state index in [2.05, 4.69) is 10.0 Å². The van der Waals surface area contributed by atoms with Crippen LogP contribution in [0.15, 0.2) is 71.6 Å². The number of carbonyl (C=O) groups excluding carboxylic acids is 1. The summed E-state index contributed by atoms with van der Waals surface area (Å²) in [6.45, 7) is 5.88. The summed E-state index contributed by atoms with van der Waals surface area (Å²) in [6.07, 6.45) is 0. The number of hydrogen-bond acceptors (Lipinski definition) is 3. The molecule has 3 aromatic carbocycles. The van der Waals surface area contributed by atoms with Crippen LogP contribution >= 0.6 is 0 Å². The maximum absolute atomic E-state index is 12.8. The maximum atomic E-state index is 12.8. The Labute approximate surface area is 171 Å². The fourth-order valence-electron chi connectivity index (χ4n) is 3.12. The first-order chi connectivity index (χ1) is 13.7. The fourth-order valence-corrected chi connectivity index (χ4v) is 4.16. The van der Waals surface area contributed by atoms with Gasteiger partial charge in [-0.3, -0.25) is 4.79 Å². The average molecular weight is 409 g/mol. The molecular weight excluding hydrogens is 384 g/mol. The van der Waals surface area contributed by atoms with Crippen molar-refractivity contribution in [2.45, 2.75) is 32.2 Å². The monoisotopic (exact) mass is 408 g/mol. The Morgan fingerprint density at radius 1 is 0.862 bits per heavy atom. The highest BCUT2D eigenvalue weighted by atomic mass is 32.2. The molecular formula is C23H24N2O3S. The first-order valence-electron chi connectivity index (χ1n) is 9.28. The molecule has 0 fully saturated rings. The van der Waals surface area contributed by atoms with E-state index in [0.717, 1.165) is 16.7 Å². The number of sulfonamides is 1. The summed E-state index contributed by atoms with van der Waals surface area (Å²) >= 11 is 0. The highest BCUT2D eigenvalue weighted by Gasteiger charge is 2.18. The van der Waals surface area contributed by atoms with Crippen LogP contribution in [0.3, 0.4) is 0 Å². The first-order valence-corrected chi connectivity index (χ1v) is 10.8. The van der Waals surface area contributed by atoms with Crippen molar-refractivity contribution < 1.29 is 13.2 Å². The summed E-state index contributed by atoms with van der Waals surface area (Å²) < 4.78 is 28.0. The largest absolute Gasteiger partial charge is 0.322 e. The van der Waals surface area contributed by atoms with Crippen molar-refractivity contribution >= 4 is 21.6 Å². The summed E-state index contributed by atoms with van der Waals surface area (Å²) in [6, 6.07) is 19.6. The molecule has 0 atom stereocenters. The SMILES string of the molecule is Cc1cc(C)cc(NC(=O)c2cc(S(=O)(=O)NCc3ccccc3)ccc2C)c1. The smallest absolute Gasteiger partial charge is 0.255 e. The number of benzene rings is 3. The number of anilines is 1.